The SMILES string of the molecule is CCC(=O)NCc1ccc(C(F)(F)F)c(Nc2nc3cc(C(=O)NC4CCCCC4)c(OCC(F)F)nc3n2C)c1. The zero-order valence-electron chi connectivity index (χ0n) is 22.6. The minimum atomic E-state index is -4.70. The van der Waals surface area contributed by atoms with E-state index in [1.54, 1.807) is 6.92 Å². The van der Waals surface area contributed by atoms with Crippen LogP contribution in [0, 0.1) is 0 Å². The fourth-order valence-electron chi connectivity index (χ4n) is 4.63. The molecule has 1 fully saturated rings. The number of aryl methyl sites for hydroxylation is 1. The Morgan fingerprint density at radius 1 is 1.12 bits per heavy atom. The van der Waals surface area contributed by atoms with Crippen LogP contribution in [0.1, 0.15) is 66.9 Å². The first-order valence-corrected chi connectivity index (χ1v) is 13.3. The highest BCUT2D eigenvalue weighted by Gasteiger charge is 2.34. The van der Waals surface area contributed by atoms with Crippen LogP contribution < -0.4 is 20.7 Å². The number of hydrogen-bond acceptors (Lipinski definition) is 6. The molecule has 0 bridgehead atoms. The molecule has 1 aromatic carbocycles. The number of carbonyl (C=O) groups excluding carboxylic acids is 2. The van der Waals surface area contributed by atoms with E-state index in [2.05, 4.69) is 25.9 Å². The minimum absolute atomic E-state index is 0.0217. The fourth-order valence-corrected chi connectivity index (χ4v) is 4.63. The number of ether oxygens (including phenoxy) is 1. The van der Waals surface area contributed by atoms with Gasteiger partial charge in [0.15, 0.2) is 12.3 Å². The Morgan fingerprint density at radius 2 is 1.85 bits per heavy atom. The molecule has 2 heterocycles. The highest BCUT2D eigenvalue weighted by atomic mass is 19.4. The van der Waals surface area contributed by atoms with Crippen LogP contribution >= 0.6 is 0 Å². The molecule has 0 saturated heterocycles. The Bertz CT molecular complexity index is 1400. The number of benzene rings is 1. The van der Waals surface area contributed by atoms with Crippen LogP contribution in [0.25, 0.3) is 11.2 Å². The number of aromatic nitrogens is 3. The van der Waals surface area contributed by atoms with Crippen molar-refractivity contribution in [1.29, 1.82) is 0 Å². The van der Waals surface area contributed by atoms with E-state index in [1.165, 1.54) is 29.8 Å². The minimum Gasteiger partial charge on any atom is -0.471 e. The van der Waals surface area contributed by atoms with Gasteiger partial charge in [0.2, 0.25) is 17.7 Å². The number of nitrogens with one attached hydrogen (secondary N) is 3. The molecule has 0 radical (unpaired) electrons. The topological polar surface area (TPSA) is 110 Å². The molecule has 3 aromatic rings. The number of carbonyl (C=O) groups is 2. The van der Waals surface area contributed by atoms with E-state index in [4.69, 9.17) is 4.74 Å². The van der Waals surface area contributed by atoms with Gasteiger partial charge >= 0.3 is 6.18 Å². The summed E-state index contributed by atoms with van der Waals surface area (Å²) < 4.78 is 73.9. The van der Waals surface area contributed by atoms with Gasteiger partial charge in [0.25, 0.3) is 12.3 Å². The van der Waals surface area contributed by atoms with Gasteiger partial charge in [-0.3, -0.25) is 14.2 Å². The zero-order chi connectivity index (χ0) is 29.7. The van der Waals surface area contributed by atoms with E-state index in [1.807, 2.05) is 0 Å². The Labute approximate surface area is 232 Å². The molecule has 0 atom stereocenters. The second kappa shape index (κ2) is 12.7. The molecule has 0 spiro atoms. The van der Waals surface area contributed by atoms with E-state index >= 15 is 0 Å². The van der Waals surface area contributed by atoms with E-state index in [9.17, 15) is 31.5 Å². The number of amides is 2. The highest BCUT2D eigenvalue weighted by molar-refractivity contribution is 5.99. The van der Waals surface area contributed by atoms with Crippen molar-refractivity contribution in [1.82, 2.24) is 25.2 Å². The summed E-state index contributed by atoms with van der Waals surface area (Å²) in [5, 5.41) is 8.19. The molecule has 2 amide bonds. The molecule has 2 aromatic heterocycles. The molecule has 1 aliphatic carbocycles. The van der Waals surface area contributed by atoms with Crippen molar-refractivity contribution >= 4 is 34.6 Å². The molecule has 3 N–H and O–H groups in total. The van der Waals surface area contributed by atoms with Gasteiger partial charge in [-0.25, -0.2) is 13.8 Å². The third-order valence-electron chi connectivity index (χ3n) is 6.79. The summed E-state index contributed by atoms with van der Waals surface area (Å²) in [6.45, 7) is 0.680. The number of fused-ring (bicyclic) bond motifs is 1. The maximum atomic E-state index is 13.8. The van der Waals surface area contributed by atoms with Gasteiger partial charge in [-0.05, 0) is 36.6 Å². The van der Waals surface area contributed by atoms with Crippen LogP contribution in [0.4, 0.5) is 33.6 Å². The van der Waals surface area contributed by atoms with Crippen molar-refractivity contribution in [3.05, 3.63) is 41.0 Å². The molecule has 14 heteroatoms. The quantitative estimate of drug-likeness (QED) is 0.274. The molecule has 222 valence electrons. The summed E-state index contributed by atoms with van der Waals surface area (Å²) in [4.78, 5) is 33.3. The van der Waals surface area contributed by atoms with Crippen LogP contribution in [0.2, 0.25) is 0 Å². The monoisotopic (exact) mass is 582 g/mol. The normalized spacial score (nSPS) is 14.3. The standard InChI is InChI=1S/C27H31F5N6O3/c1-3-22(39)33-13-15-9-10-18(27(30,31)32)19(11-15)35-26-36-20-12-17(24(40)34-16-7-5-4-6-8-16)25(41-14-21(28)29)37-23(20)38(26)2/h9-12,16,21H,3-8,13-14H2,1-2H3,(H,33,39)(H,34,40)(H,35,36). The third kappa shape index (κ3) is 7.41. The Morgan fingerprint density at radius 3 is 2.51 bits per heavy atom. The van der Waals surface area contributed by atoms with Gasteiger partial charge in [-0.2, -0.15) is 18.2 Å². The van der Waals surface area contributed by atoms with Gasteiger partial charge in [-0.15, -0.1) is 0 Å². The zero-order valence-corrected chi connectivity index (χ0v) is 22.6. The smallest absolute Gasteiger partial charge is 0.418 e. The van der Waals surface area contributed by atoms with E-state index < -0.39 is 30.7 Å². The average Bonchev–Trinajstić information content (AvgIpc) is 3.23. The maximum absolute atomic E-state index is 13.8. The number of imidazole rings is 1. The number of halogens is 5. The lowest BCUT2D eigenvalue weighted by Gasteiger charge is -2.23. The van der Waals surface area contributed by atoms with Crippen molar-refractivity contribution in [3.63, 3.8) is 0 Å². The number of rotatable bonds is 10. The third-order valence-corrected chi connectivity index (χ3v) is 6.79. The molecule has 1 saturated carbocycles. The number of hydrogen-bond donors (Lipinski definition) is 3. The molecule has 0 unspecified atom stereocenters. The summed E-state index contributed by atoms with van der Waals surface area (Å²) in [6.07, 6.45) is -2.74. The van der Waals surface area contributed by atoms with E-state index in [0.29, 0.717) is 5.56 Å². The van der Waals surface area contributed by atoms with Crippen molar-refractivity contribution < 1.29 is 36.3 Å². The van der Waals surface area contributed by atoms with Crippen molar-refractivity contribution in [2.45, 2.75) is 70.6 Å². The van der Waals surface area contributed by atoms with Gasteiger partial charge in [-0.1, -0.05) is 32.3 Å². The number of nitrogens with zero attached hydrogens (tertiary/aromatic N) is 3. The predicted octanol–water partition coefficient (Wildman–Crippen LogP) is 5.46. The Hall–Kier alpha value is -3.97. The Kier molecular flexibility index (Phi) is 9.28. The fraction of sp³-hybridized carbons (Fsp3) is 0.481. The number of alkyl halides is 5. The predicted molar refractivity (Wildman–Crippen MR) is 141 cm³/mol. The van der Waals surface area contributed by atoms with E-state index in [-0.39, 0.29) is 59.2 Å². The lowest BCUT2D eigenvalue weighted by atomic mass is 9.95. The molecule has 41 heavy (non-hydrogen) atoms. The second-order valence-electron chi connectivity index (χ2n) is 9.82. The number of pyridine rings is 1. The van der Waals surface area contributed by atoms with Gasteiger partial charge in [0.05, 0.1) is 11.3 Å². The summed E-state index contributed by atoms with van der Waals surface area (Å²) in [6, 6.07) is 4.68. The first kappa shape index (κ1) is 30.0. The first-order valence-electron chi connectivity index (χ1n) is 13.3. The lowest BCUT2D eigenvalue weighted by molar-refractivity contribution is -0.137. The summed E-state index contributed by atoms with van der Waals surface area (Å²) in [5.74, 6) is -1.19. The summed E-state index contributed by atoms with van der Waals surface area (Å²) >= 11 is 0. The van der Waals surface area contributed by atoms with Crippen molar-refractivity contribution in [2.24, 2.45) is 7.05 Å². The van der Waals surface area contributed by atoms with E-state index in [0.717, 1.165) is 38.2 Å². The average molecular weight is 583 g/mol. The first-order chi connectivity index (χ1) is 19.5. The molecular weight excluding hydrogens is 551 g/mol. The van der Waals surface area contributed by atoms with Gasteiger partial charge in [0.1, 0.15) is 11.1 Å². The Balaban J connectivity index is 1.70. The largest absolute Gasteiger partial charge is 0.471 e. The molecule has 0 aliphatic heterocycles. The highest BCUT2D eigenvalue weighted by Crippen LogP contribution is 2.37. The van der Waals surface area contributed by atoms with Gasteiger partial charge in [0, 0.05) is 26.1 Å². The van der Waals surface area contributed by atoms with Crippen LogP contribution in [0.15, 0.2) is 24.3 Å². The molecule has 1 aliphatic rings. The maximum Gasteiger partial charge on any atom is 0.418 e. The summed E-state index contributed by atoms with van der Waals surface area (Å²) in [5.41, 5.74) is -0.708. The molecule has 9 nitrogen and oxygen atoms in total. The lowest BCUT2D eigenvalue weighted by Crippen LogP contribution is -2.36. The van der Waals surface area contributed by atoms with Crippen LogP contribution in [0.5, 0.6) is 5.88 Å². The van der Waals surface area contributed by atoms with Crippen LogP contribution in [-0.2, 0) is 24.6 Å². The van der Waals surface area contributed by atoms with Crippen molar-refractivity contribution in [3.8, 4) is 5.88 Å². The van der Waals surface area contributed by atoms with Crippen molar-refractivity contribution in [2.75, 3.05) is 11.9 Å². The molecular formula is C27H31F5N6O3. The van der Waals surface area contributed by atoms with Gasteiger partial charge < -0.3 is 20.7 Å². The van der Waals surface area contributed by atoms with Crippen LogP contribution in [-0.4, -0.2) is 45.4 Å². The second-order valence-corrected chi connectivity index (χ2v) is 9.82. The van der Waals surface area contributed by atoms with Crippen LogP contribution in [0.3, 0.4) is 0 Å². The number of anilines is 2. The molecule has 4 rings (SSSR count). The summed E-state index contributed by atoms with van der Waals surface area (Å²) in [7, 11) is 1.47.